The smallest absolute Gasteiger partial charge is 0.245 e. The van der Waals surface area contributed by atoms with Crippen molar-refractivity contribution in [3.63, 3.8) is 0 Å². The molecule has 0 saturated carbocycles. The molecule has 2 aliphatic heterocycles. The van der Waals surface area contributed by atoms with Crippen LogP contribution in [0.4, 0.5) is 11.5 Å². The number of carbonyl (C=O) groups excluding carboxylic acids is 1. The minimum absolute atomic E-state index is 0.0979. The summed E-state index contributed by atoms with van der Waals surface area (Å²) >= 11 is 1.84. The number of ether oxygens (including phenoxy) is 1. The van der Waals surface area contributed by atoms with Gasteiger partial charge >= 0.3 is 0 Å². The number of rotatable bonds is 5. The summed E-state index contributed by atoms with van der Waals surface area (Å²) in [6.07, 6.45) is 3.23. The van der Waals surface area contributed by atoms with Gasteiger partial charge < -0.3 is 19.5 Å². The summed E-state index contributed by atoms with van der Waals surface area (Å²) in [4.78, 5) is 16.4. The standard InChI is InChI=1S/C23H28N4O2S/c1-16-17(2)27(14-18-7-5-11-29-18)23(19(16)13-24)25-22(28)15-26-10-6-12-30-21-9-4-3-8-20(21)26/h3-4,8-9,18H,5-7,10-12,14-15H2,1-2H3,(H,25,28)/t18-/m1/s1. The topological polar surface area (TPSA) is 70.3 Å². The van der Waals surface area contributed by atoms with Gasteiger partial charge in [0.05, 0.1) is 30.4 Å². The van der Waals surface area contributed by atoms with Crippen LogP contribution < -0.4 is 10.2 Å². The Balaban J connectivity index is 1.56. The molecule has 0 aliphatic carbocycles. The first-order valence-corrected chi connectivity index (χ1v) is 11.5. The molecule has 4 rings (SSSR count). The lowest BCUT2D eigenvalue weighted by atomic mass is 10.2. The van der Waals surface area contributed by atoms with Crippen molar-refractivity contribution in [1.29, 1.82) is 5.26 Å². The Morgan fingerprint density at radius 1 is 1.33 bits per heavy atom. The van der Waals surface area contributed by atoms with Gasteiger partial charge in [0.15, 0.2) is 0 Å². The molecule has 1 atom stereocenters. The van der Waals surface area contributed by atoms with Gasteiger partial charge in [-0.25, -0.2) is 0 Å². The van der Waals surface area contributed by atoms with Crippen molar-refractivity contribution in [2.45, 2.75) is 50.7 Å². The Hall–Kier alpha value is -2.43. The molecule has 3 heterocycles. The van der Waals surface area contributed by atoms with Gasteiger partial charge in [-0.15, -0.1) is 11.8 Å². The Labute approximate surface area is 182 Å². The fraction of sp³-hybridized carbons (Fsp3) is 0.478. The van der Waals surface area contributed by atoms with Crippen LogP contribution in [-0.2, 0) is 16.1 Å². The quantitative estimate of drug-likeness (QED) is 0.783. The number of amides is 1. The first-order valence-electron chi connectivity index (χ1n) is 10.6. The van der Waals surface area contributed by atoms with E-state index in [0.717, 1.165) is 55.1 Å². The number of fused-ring (bicyclic) bond motifs is 1. The van der Waals surface area contributed by atoms with Gasteiger partial charge in [0.1, 0.15) is 11.9 Å². The maximum absolute atomic E-state index is 13.1. The maximum atomic E-state index is 13.1. The summed E-state index contributed by atoms with van der Waals surface area (Å²) in [7, 11) is 0. The molecule has 1 aromatic carbocycles. The van der Waals surface area contributed by atoms with Crippen LogP contribution in [0.1, 0.15) is 36.1 Å². The zero-order chi connectivity index (χ0) is 21.1. The van der Waals surface area contributed by atoms with Crippen molar-refractivity contribution in [2.75, 3.05) is 35.7 Å². The van der Waals surface area contributed by atoms with Gasteiger partial charge in [-0.05, 0) is 56.6 Å². The van der Waals surface area contributed by atoms with E-state index in [-0.39, 0.29) is 18.6 Å². The third kappa shape index (κ3) is 4.21. The van der Waals surface area contributed by atoms with Crippen molar-refractivity contribution in [3.05, 3.63) is 41.1 Å². The first-order chi connectivity index (χ1) is 14.6. The van der Waals surface area contributed by atoms with Crippen LogP contribution in [0.5, 0.6) is 0 Å². The number of nitrogens with zero attached hydrogens (tertiary/aromatic N) is 3. The van der Waals surface area contributed by atoms with Gasteiger partial charge in [0.25, 0.3) is 0 Å². The number of anilines is 2. The lowest BCUT2D eigenvalue weighted by molar-refractivity contribution is -0.115. The molecule has 0 unspecified atom stereocenters. The van der Waals surface area contributed by atoms with E-state index < -0.39 is 0 Å². The van der Waals surface area contributed by atoms with Gasteiger partial charge in [-0.3, -0.25) is 4.79 Å². The number of para-hydroxylation sites is 1. The summed E-state index contributed by atoms with van der Waals surface area (Å²) in [5.41, 5.74) is 3.58. The van der Waals surface area contributed by atoms with Crippen molar-refractivity contribution in [1.82, 2.24) is 4.57 Å². The largest absolute Gasteiger partial charge is 0.376 e. The average molecular weight is 425 g/mol. The molecule has 2 aliphatic rings. The summed E-state index contributed by atoms with van der Waals surface area (Å²) in [5.74, 6) is 1.56. The fourth-order valence-corrected chi connectivity index (χ4v) is 5.27. The van der Waals surface area contributed by atoms with Crippen molar-refractivity contribution < 1.29 is 9.53 Å². The minimum atomic E-state index is -0.0979. The number of hydrogen-bond acceptors (Lipinski definition) is 5. The van der Waals surface area contributed by atoms with Gasteiger partial charge in [-0.1, -0.05) is 12.1 Å². The summed E-state index contributed by atoms with van der Waals surface area (Å²) < 4.78 is 7.85. The Kier molecular flexibility index (Phi) is 6.35. The van der Waals surface area contributed by atoms with Gasteiger partial charge in [-0.2, -0.15) is 5.26 Å². The molecule has 2 aromatic rings. The fourth-order valence-electron chi connectivity index (χ4n) is 4.26. The third-order valence-electron chi connectivity index (χ3n) is 5.98. The molecule has 6 nitrogen and oxygen atoms in total. The average Bonchev–Trinajstić information content (AvgIpc) is 3.27. The van der Waals surface area contributed by atoms with E-state index in [9.17, 15) is 10.1 Å². The molecular formula is C23H28N4O2S. The Morgan fingerprint density at radius 2 is 2.17 bits per heavy atom. The molecule has 7 heteroatoms. The predicted molar refractivity (Wildman–Crippen MR) is 120 cm³/mol. The summed E-state index contributed by atoms with van der Waals surface area (Å²) in [5, 5.41) is 12.8. The molecule has 1 aromatic heterocycles. The van der Waals surface area contributed by atoms with Crippen molar-refractivity contribution in [2.24, 2.45) is 0 Å². The predicted octanol–water partition coefficient (Wildman–Crippen LogP) is 4.10. The Morgan fingerprint density at radius 3 is 2.93 bits per heavy atom. The number of nitriles is 1. The zero-order valence-corrected chi connectivity index (χ0v) is 18.4. The van der Waals surface area contributed by atoms with Crippen LogP contribution in [-0.4, -0.2) is 42.0 Å². The molecule has 30 heavy (non-hydrogen) atoms. The van der Waals surface area contributed by atoms with Crippen LogP contribution >= 0.6 is 11.8 Å². The highest BCUT2D eigenvalue weighted by molar-refractivity contribution is 7.99. The molecule has 1 saturated heterocycles. The lowest BCUT2D eigenvalue weighted by Gasteiger charge is -2.24. The van der Waals surface area contributed by atoms with Crippen LogP contribution in [0.2, 0.25) is 0 Å². The summed E-state index contributed by atoms with van der Waals surface area (Å²) in [6, 6.07) is 10.5. The molecule has 0 radical (unpaired) electrons. The molecular weight excluding hydrogens is 396 g/mol. The monoisotopic (exact) mass is 424 g/mol. The zero-order valence-electron chi connectivity index (χ0n) is 17.6. The van der Waals surface area contributed by atoms with Crippen molar-refractivity contribution in [3.8, 4) is 6.07 Å². The number of thioether (sulfide) groups is 1. The van der Waals surface area contributed by atoms with E-state index in [2.05, 4.69) is 28.4 Å². The maximum Gasteiger partial charge on any atom is 0.245 e. The minimum Gasteiger partial charge on any atom is -0.376 e. The summed E-state index contributed by atoms with van der Waals surface area (Å²) in [6.45, 7) is 6.50. The molecule has 0 bridgehead atoms. The van der Waals surface area contributed by atoms with E-state index in [1.54, 1.807) is 0 Å². The van der Waals surface area contributed by atoms with Crippen LogP contribution in [0.3, 0.4) is 0 Å². The van der Waals surface area contributed by atoms with Crippen LogP contribution in [0.15, 0.2) is 29.2 Å². The highest BCUT2D eigenvalue weighted by atomic mass is 32.2. The number of benzene rings is 1. The molecule has 1 fully saturated rings. The number of carbonyl (C=O) groups is 1. The molecule has 158 valence electrons. The van der Waals surface area contributed by atoms with Crippen molar-refractivity contribution >= 4 is 29.2 Å². The second-order valence-electron chi connectivity index (χ2n) is 7.93. The highest BCUT2D eigenvalue weighted by Gasteiger charge is 2.25. The Bertz CT molecular complexity index is 972. The number of aromatic nitrogens is 1. The van der Waals surface area contributed by atoms with E-state index in [0.29, 0.717) is 17.9 Å². The molecule has 0 spiro atoms. The number of nitrogens with one attached hydrogen (secondary N) is 1. The van der Waals surface area contributed by atoms with E-state index in [1.165, 1.54) is 4.90 Å². The van der Waals surface area contributed by atoms with Crippen LogP contribution in [0.25, 0.3) is 0 Å². The second kappa shape index (κ2) is 9.15. The first kappa shape index (κ1) is 20.8. The number of hydrogen-bond donors (Lipinski definition) is 1. The highest BCUT2D eigenvalue weighted by Crippen LogP contribution is 2.33. The molecule has 1 amide bonds. The van der Waals surface area contributed by atoms with Crippen LogP contribution in [0, 0.1) is 25.2 Å². The SMILES string of the molecule is Cc1c(C#N)c(NC(=O)CN2CCCSc3ccccc32)n(C[C@H]2CCCO2)c1C. The third-order valence-corrected chi connectivity index (χ3v) is 7.13. The van der Waals surface area contributed by atoms with Gasteiger partial charge in [0.2, 0.25) is 5.91 Å². The second-order valence-corrected chi connectivity index (χ2v) is 9.07. The lowest BCUT2D eigenvalue weighted by Crippen LogP contribution is -2.34. The van der Waals surface area contributed by atoms with E-state index >= 15 is 0 Å². The normalized spacial score (nSPS) is 18.6. The van der Waals surface area contributed by atoms with E-state index in [1.807, 2.05) is 42.3 Å². The van der Waals surface area contributed by atoms with Gasteiger partial charge in [0, 0.05) is 23.7 Å². The molecule has 1 N–H and O–H groups in total. The van der Waals surface area contributed by atoms with E-state index in [4.69, 9.17) is 4.74 Å².